The van der Waals surface area contributed by atoms with Gasteiger partial charge in [-0.15, -0.1) is 0 Å². The molecule has 0 aliphatic heterocycles. The minimum atomic E-state index is 0.0233. The van der Waals surface area contributed by atoms with Crippen LogP contribution in [0.3, 0.4) is 0 Å². The quantitative estimate of drug-likeness (QED) is 0.811. The van der Waals surface area contributed by atoms with Crippen molar-refractivity contribution in [3.05, 3.63) is 24.3 Å². The molecule has 0 unspecified atom stereocenters. The normalized spacial score (nSPS) is 9.73. The number of aromatic hydroxyl groups is 1. The number of hydrogen-bond donors (Lipinski definition) is 1. The van der Waals surface area contributed by atoms with Gasteiger partial charge >= 0.3 is 0 Å². The predicted molar refractivity (Wildman–Crippen MR) is 56.9 cm³/mol. The smallest absolute Gasteiger partial charge is 0.225 e. The lowest BCUT2D eigenvalue weighted by Gasteiger charge is -2.10. The minimum Gasteiger partial charge on any atom is -0.508 e. The van der Waals surface area contributed by atoms with Crippen LogP contribution >= 0.6 is 0 Å². The molecule has 1 aromatic rings. The Morgan fingerprint density at radius 2 is 2.20 bits per heavy atom. The van der Waals surface area contributed by atoms with E-state index in [-0.39, 0.29) is 11.7 Å². The number of carbonyl (C=O) groups excluding carboxylic acids is 1. The van der Waals surface area contributed by atoms with Crippen LogP contribution in [-0.2, 0) is 4.79 Å². The van der Waals surface area contributed by atoms with Gasteiger partial charge in [0, 0.05) is 20.2 Å². The van der Waals surface area contributed by atoms with Crippen LogP contribution < -0.4 is 4.74 Å². The number of hydrogen-bond acceptors (Lipinski definition) is 3. The summed E-state index contributed by atoms with van der Waals surface area (Å²) in [4.78, 5) is 12.7. The van der Waals surface area contributed by atoms with Crippen LogP contribution in [-0.4, -0.2) is 36.6 Å². The second kappa shape index (κ2) is 5.24. The average Bonchev–Trinajstić information content (AvgIpc) is 2.17. The van der Waals surface area contributed by atoms with Gasteiger partial charge in [0.25, 0.3) is 0 Å². The number of nitrogens with zero attached hydrogens (tertiary/aromatic N) is 1. The fourth-order valence-corrected chi connectivity index (χ4v) is 1.05. The van der Waals surface area contributed by atoms with Gasteiger partial charge in [-0.2, -0.15) is 0 Å². The van der Waals surface area contributed by atoms with Crippen molar-refractivity contribution in [1.29, 1.82) is 0 Å². The fourth-order valence-electron chi connectivity index (χ4n) is 1.05. The zero-order valence-electron chi connectivity index (χ0n) is 8.93. The molecule has 0 heterocycles. The highest BCUT2D eigenvalue weighted by molar-refractivity contribution is 5.75. The molecule has 1 rings (SSSR count). The van der Waals surface area contributed by atoms with Crippen molar-refractivity contribution in [3.8, 4) is 11.5 Å². The van der Waals surface area contributed by atoms with E-state index in [2.05, 4.69) is 0 Å². The van der Waals surface area contributed by atoms with Crippen LogP contribution in [0, 0.1) is 0 Å². The van der Waals surface area contributed by atoms with Gasteiger partial charge in [0.2, 0.25) is 5.91 Å². The molecule has 0 saturated carbocycles. The molecule has 0 fully saturated rings. The molecule has 4 nitrogen and oxygen atoms in total. The molecule has 0 atom stereocenters. The highest BCUT2D eigenvalue weighted by Crippen LogP contribution is 2.17. The zero-order chi connectivity index (χ0) is 11.3. The molecule has 15 heavy (non-hydrogen) atoms. The Kier molecular flexibility index (Phi) is 3.97. The first-order valence-corrected chi connectivity index (χ1v) is 4.71. The molecule has 82 valence electrons. The van der Waals surface area contributed by atoms with E-state index in [4.69, 9.17) is 9.84 Å². The highest BCUT2D eigenvalue weighted by atomic mass is 16.5. The van der Waals surface area contributed by atoms with Gasteiger partial charge in [-0.1, -0.05) is 6.07 Å². The molecule has 0 spiro atoms. The van der Waals surface area contributed by atoms with Crippen LogP contribution in [0.15, 0.2) is 24.3 Å². The lowest BCUT2D eigenvalue weighted by Crippen LogP contribution is -2.23. The van der Waals surface area contributed by atoms with E-state index in [0.717, 1.165) is 0 Å². The second-order valence-corrected chi connectivity index (χ2v) is 3.38. The van der Waals surface area contributed by atoms with Gasteiger partial charge in [0.1, 0.15) is 11.5 Å². The summed E-state index contributed by atoms with van der Waals surface area (Å²) in [6.45, 7) is 0.320. The van der Waals surface area contributed by atoms with Crippen molar-refractivity contribution < 1.29 is 14.6 Å². The second-order valence-electron chi connectivity index (χ2n) is 3.38. The van der Waals surface area contributed by atoms with Gasteiger partial charge in [-0.25, -0.2) is 0 Å². The topological polar surface area (TPSA) is 49.8 Å². The first-order chi connectivity index (χ1) is 7.09. The van der Waals surface area contributed by atoms with Gasteiger partial charge in [0.15, 0.2) is 0 Å². The van der Waals surface area contributed by atoms with E-state index in [9.17, 15) is 4.79 Å². The lowest BCUT2D eigenvalue weighted by atomic mass is 10.3. The number of rotatable bonds is 4. The van der Waals surface area contributed by atoms with Gasteiger partial charge in [-0.3, -0.25) is 4.79 Å². The number of phenols is 1. The van der Waals surface area contributed by atoms with Crippen LogP contribution in [0.5, 0.6) is 11.5 Å². The Morgan fingerprint density at radius 1 is 1.47 bits per heavy atom. The molecule has 1 N–H and O–H groups in total. The first-order valence-electron chi connectivity index (χ1n) is 4.71. The summed E-state index contributed by atoms with van der Waals surface area (Å²) in [5.74, 6) is 0.753. The monoisotopic (exact) mass is 209 g/mol. The van der Waals surface area contributed by atoms with E-state index < -0.39 is 0 Å². The predicted octanol–water partition coefficient (Wildman–Crippen LogP) is 1.25. The number of amides is 1. The van der Waals surface area contributed by atoms with E-state index in [0.29, 0.717) is 18.8 Å². The standard InChI is InChI=1S/C11H15NO3/c1-12(2)11(14)6-7-15-10-5-3-4-9(13)8-10/h3-5,8,13H,6-7H2,1-2H3. The van der Waals surface area contributed by atoms with Gasteiger partial charge < -0.3 is 14.7 Å². The summed E-state index contributed by atoms with van der Waals surface area (Å²) in [6.07, 6.45) is 0.336. The Bertz CT molecular complexity index is 336. The molecule has 1 aromatic carbocycles. The summed E-state index contributed by atoms with van der Waals surface area (Å²) in [5.41, 5.74) is 0. The molecular weight excluding hydrogens is 194 g/mol. The van der Waals surface area contributed by atoms with Crippen LogP contribution in [0.2, 0.25) is 0 Å². The maximum atomic E-state index is 11.2. The number of ether oxygens (including phenoxy) is 1. The molecule has 0 saturated heterocycles. The van der Waals surface area contributed by atoms with E-state index >= 15 is 0 Å². The van der Waals surface area contributed by atoms with Crippen LogP contribution in [0.4, 0.5) is 0 Å². The summed E-state index contributed by atoms with van der Waals surface area (Å²) in [6, 6.07) is 6.51. The van der Waals surface area contributed by atoms with Crippen LogP contribution in [0.25, 0.3) is 0 Å². The van der Waals surface area contributed by atoms with E-state index in [1.807, 2.05) is 0 Å². The molecule has 0 aromatic heterocycles. The first kappa shape index (κ1) is 11.4. The van der Waals surface area contributed by atoms with Crippen molar-refractivity contribution in [1.82, 2.24) is 4.90 Å². The molecular formula is C11H15NO3. The maximum absolute atomic E-state index is 11.2. The lowest BCUT2D eigenvalue weighted by molar-refractivity contribution is -0.129. The molecule has 0 radical (unpaired) electrons. The van der Waals surface area contributed by atoms with E-state index in [1.54, 1.807) is 32.3 Å². The Hall–Kier alpha value is -1.71. The summed E-state index contributed by atoms with van der Waals surface area (Å²) < 4.78 is 5.30. The number of phenolic OH excluding ortho intramolecular Hbond substituents is 1. The molecule has 4 heteroatoms. The number of benzene rings is 1. The summed E-state index contributed by atoms with van der Waals surface area (Å²) >= 11 is 0. The maximum Gasteiger partial charge on any atom is 0.225 e. The zero-order valence-corrected chi connectivity index (χ0v) is 8.93. The van der Waals surface area contributed by atoms with Crippen LogP contribution in [0.1, 0.15) is 6.42 Å². The Morgan fingerprint density at radius 3 is 2.80 bits per heavy atom. The SMILES string of the molecule is CN(C)C(=O)CCOc1cccc(O)c1. The third kappa shape index (κ3) is 3.89. The van der Waals surface area contributed by atoms with Crippen molar-refractivity contribution in [2.24, 2.45) is 0 Å². The van der Waals surface area contributed by atoms with Gasteiger partial charge in [-0.05, 0) is 12.1 Å². The largest absolute Gasteiger partial charge is 0.508 e. The Balaban J connectivity index is 2.35. The fraction of sp³-hybridized carbons (Fsp3) is 0.364. The van der Waals surface area contributed by atoms with Crippen molar-refractivity contribution in [3.63, 3.8) is 0 Å². The number of carbonyl (C=O) groups is 1. The third-order valence-electron chi connectivity index (χ3n) is 1.90. The van der Waals surface area contributed by atoms with E-state index in [1.165, 1.54) is 11.0 Å². The molecule has 0 aliphatic carbocycles. The Labute approximate surface area is 89.1 Å². The van der Waals surface area contributed by atoms with Crippen molar-refractivity contribution in [2.45, 2.75) is 6.42 Å². The highest BCUT2D eigenvalue weighted by Gasteiger charge is 2.03. The average molecular weight is 209 g/mol. The summed E-state index contributed by atoms with van der Waals surface area (Å²) in [5, 5.41) is 9.15. The molecule has 0 aliphatic rings. The van der Waals surface area contributed by atoms with Crippen molar-refractivity contribution in [2.75, 3.05) is 20.7 Å². The van der Waals surface area contributed by atoms with Crippen molar-refractivity contribution >= 4 is 5.91 Å². The minimum absolute atomic E-state index is 0.0233. The molecule has 1 amide bonds. The van der Waals surface area contributed by atoms with Gasteiger partial charge in [0.05, 0.1) is 13.0 Å². The summed E-state index contributed by atoms with van der Waals surface area (Å²) in [7, 11) is 3.41. The molecule has 0 bridgehead atoms. The third-order valence-corrected chi connectivity index (χ3v) is 1.90.